The monoisotopic (exact) mass is 354 g/mol. The lowest BCUT2D eigenvalue weighted by atomic mass is 10.3. The third-order valence-electron chi connectivity index (χ3n) is 3.85. The third kappa shape index (κ3) is 4.47. The molecule has 0 aliphatic heterocycles. The molecule has 27 heavy (non-hydrogen) atoms. The molecule has 4 rings (SSSR count). The topological polar surface area (TPSA) is 27.7 Å². The predicted octanol–water partition coefficient (Wildman–Crippen LogP) is 7.06. The average Bonchev–Trinajstić information content (AvgIpc) is 2.72. The fourth-order valence-electron chi connectivity index (χ4n) is 2.56. The highest BCUT2D eigenvalue weighted by Gasteiger charge is 2.07. The van der Waals surface area contributed by atoms with Crippen LogP contribution in [0.2, 0.25) is 0 Å². The molecule has 0 bridgehead atoms. The van der Waals surface area contributed by atoms with Gasteiger partial charge in [-0.1, -0.05) is 48.5 Å². The van der Waals surface area contributed by atoms with Crippen molar-refractivity contribution in [3.8, 4) is 34.5 Å². The van der Waals surface area contributed by atoms with E-state index < -0.39 is 0 Å². The van der Waals surface area contributed by atoms with Crippen LogP contribution in [0.1, 0.15) is 0 Å². The number of benzene rings is 4. The lowest BCUT2D eigenvalue weighted by molar-refractivity contribution is 0.418. The molecule has 4 aromatic carbocycles. The van der Waals surface area contributed by atoms with Gasteiger partial charge in [0.1, 0.15) is 23.0 Å². The molecule has 132 valence electrons. The second kappa shape index (κ2) is 8.11. The number of rotatable bonds is 6. The van der Waals surface area contributed by atoms with E-state index >= 15 is 0 Å². The van der Waals surface area contributed by atoms with Crippen LogP contribution in [0.5, 0.6) is 34.5 Å². The zero-order valence-corrected chi connectivity index (χ0v) is 14.6. The summed E-state index contributed by atoms with van der Waals surface area (Å²) in [5.41, 5.74) is 0. The molecule has 0 heterocycles. The van der Waals surface area contributed by atoms with Gasteiger partial charge in [-0.3, -0.25) is 0 Å². The summed E-state index contributed by atoms with van der Waals surface area (Å²) < 4.78 is 17.7. The molecule has 0 spiro atoms. The molecule has 0 radical (unpaired) electrons. The van der Waals surface area contributed by atoms with Crippen molar-refractivity contribution in [3.05, 3.63) is 109 Å². The fraction of sp³-hybridized carbons (Fsp3) is 0. The first-order valence-electron chi connectivity index (χ1n) is 8.69. The highest BCUT2D eigenvalue weighted by molar-refractivity contribution is 5.46. The minimum atomic E-state index is 0.651. The van der Waals surface area contributed by atoms with E-state index in [1.165, 1.54) is 0 Å². The minimum Gasteiger partial charge on any atom is -0.457 e. The first-order valence-corrected chi connectivity index (χ1v) is 8.69. The van der Waals surface area contributed by atoms with Crippen molar-refractivity contribution >= 4 is 0 Å². The van der Waals surface area contributed by atoms with E-state index in [9.17, 15) is 0 Å². The summed E-state index contributed by atoms with van der Waals surface area (Å²) in [6.45, 7) is 0. The maximum absolute atomic E-state index is 6.01. The number of hydrogen-bond acceptors (Lipinski definition) is 3. The van der Waals surface area contributed by atoms with Crippen molar-refractivity contribution in [1.29, 1.82) is 0 Å². The van der Waals surface area contributed by atoms with Crippen molar-refractivity contribution in [1.82, 2.24) is 0 Å². The molecule has 0 saturated carbocycles. The largest absolute Gasteiger partial charge is 0.457 e. The Bertz CT molecular complexity index is 981. The summed E-state index contributed by atoms with van der Waals surface area (Å²) in [5, 5.41) is 0. The highest BCUT2D eigenvalue weighted by atomic mass is 16.5. The third-order valence-corrected chi connectivity index (χ3v) is 3.85. The van der Waals surface area contributed by atoms with Gasteiger partial charge in [-0.05, 0) is 60.7 Å². The molecule has 0 saturated heterocycles. The van der Waals surface area contributed by atoms with Crippen LogP contribution in [-0.2, 0) is 0 Å². The average molecular weight is 354 g/mol. The van der Waals surface area contributed by atoms with Crippen LogP contribution in [0.4, 0.5) is 0 Å². The maximum Gasteiger partial charge on any atom is 0.169 e. The number of para-hydroxylation sites is 4. The normalized spacial score (nSPS) is 10.2. The van der Waals surface area contributed by atoms with Crippen LogP contribution in [0.25, 0.3) is 0 Å². The van der Waals surface area contributed by atoms with Crippen molar-refractivity contribution in [2.45, 2.75) is 0 Å². The van der Waals surface area contributed by atoms with Gasteiger partial charge in [0.2, 0.25) is 0 Å². The van der Waals surface area contributed by atoms with Crippen LogP contribution in [-0.4, -0.2) is 0 Å². The molecule has 0 aliphatic carbocycles. The lowest BCUT2D eigenvalue weighted by Gasteiger charge is -2.12. The Balaban J connectivity index is 1.48. The van der Waals surface area contributed by atoms with E-state index in [0.29, 0.717) is 17.2 Å². The van der Waals surface area contributed by atoms with Crippen molar-refractivity contribution in [2.24, 2.45) is 0 Å². The maximum atomic E-state index is 6.01. The first-order chi connectivity index (χ1) is 13.4. The summed E-state index contributed by atoms with van der Waals surface area (Å²) in [6, 6.07) is 34.4. The van der Waals surface area contributed by atoms with Gasteiger partial charge in [0, 0.05) is 0 Å². The van der Waals surface area contributed by atoms with Crippen LogP contribution in [0.15, 0.2) is 109 Å². The van der Waals surface area contributed by atoms with Crippen LogP contribution in [0.3, 0.4) is 0 Å². The Hall–Kier alpha value is -3.72. The summed E-state index contributed by atoms with van der Waals surface area (Å²) in [5.74, 6) is 4.33. The Kier molecular flexibility index (Phi) is 5.02. The van der Waals surface area contributed by atoms with Crippen molar-refractivity contribution in [2.75, 3.05) is 0 Å². The van der Waals surface area contributed by atoms with E-state index in [4.69, 9.17) is 14.2 Å². The molecule has 3 heteroatoms. The van der Waals surface area contributed by atoms with Gasteiger partial charge in [-0.2, -0.15) is 0 Å². The first kappa shape index (κ1) is 16.7. The van der Waals surface area contributed by atoms with Crippen molar-refractivity contribution in [3.63, 3.8) is 0 Å². The smallest absolute Gasteiger partial charge is 0.169 e. The van der Waals surface area contributed by atoms with Crippen LogP contribution >= 0.6 is 0 Å². The van der Waals surface area contributed by atoms with Gasteiger partial charge in [0.15, 0.2) is 11.5 Å². The second-order valence-corrected chi connectivity index (χ2v) is 5.85. The molecule has 0 atom stereocenters. The minimum absolute atomic E-state index is 0.651. The van der Waals surface area contributed by atoms with E-state index in [0.717, 1.165) is 17.2 Å². The van der Waals surface area contributed by atoms with Crippen molar-refractivity contribution < 1.29 is 14.2 Å². The van der Waals surface area contributed by atoms with Gasteiger partial charge in [-0.25, -0.2) is 0 Å². The summed E-state index contributed by atoms with van der Waals surface area (Å²) in [7, 11) is 0. The molecule has 0 unspecified atom stereocenters. The Morgan fingerprint density at radius 1 is 0.296 bits per heavy atom. The summed E-state index contributed by atoms with van der Waals surface area (Å²) in [4.78, 5) is 0. The van der Waals surface area contributed by atoms with E-state index in [-0.39, 0.29) is 0 Å². The lowest BCUT2D eigenvalue weighted by Crippen LogP contribution is -1.90. The zero-order chi connectivity index (χ0) is 18.3. The molecule has 0 aromatic heterocycles. The number of hydrogen-bond donors (Lipinski definition) is 0. The standard InChI is InChI=1S/C24H18O3/c1-3-9-19(10-4-1)25-21-15-17-22(18-16-21)27-24-14-8-7-13-23(24)26-20-11-5-2-6-12-20/h1-18H. The molecule has 4 aromatic rings. The summed E-state index contributed by atoms with van der Waals surface area (Å²) in [6.07, 6.45) is 0. The van der Waals surface area contributed by atoms with Gasteiger partial charge in [0.25, 0.3) is 0 Å². The van der Waals surface area contributed by atoms with Gasteiger partial charge in [-0.15, -0.1) is 0 Å². The molecular weight excluding hydrogens is 336 g/mol. The Labute approximate surface area is 158 Å². The van der Waals surface area contributed by atoms with Gasteiger partial charge < -0.3 is 14.2 Å². The molecule has 0 fully saturated rings. The SMILES string of the molecule is c1ccc(Oc2ccc(Oc3ccccc3Oc3ccccc3)cc2)cc1. The molecule has 0 amide bonds. The van der Waals surface area contributed by atoms with Gasteiger partial charge >= 0.3 is 0 Å². The fourth-order valence-corrected chi connectivity index (χ4v) is 2.56. The van der Waals surface area contributed by atoms with E-state index in [1.807, 2.05) is 109 Å². The van der Waals surface area contributed by atoms with E-state index in [1.54, 1.807) is 0 Å². The predicted molar refractivity (Wildman–Crippen MR) is 106 cm³/mol. The van der Waals surface area contributed by atoms with Crippen LogP contribution < -0.4 is 14.2 Å². The quantitative estimate of drug-likeness (QED) is 0.371. The zero-order valence-electron chi connectivity index (χ0n) is 14.6. The van der Waals surface area contributed by atoms with Crippen LogP contribution in [0, 0.1) is 0 Å². The highest BCUT2D eigenvalue weighted by Crippen LogP contribution is 2.35. The molecule has 0 aliphatic rings. The Morgan fingerprint density at radius 2 is 0.630 bits per heavy atom. The molecular formula is C24H18O3. The van der Waals surface area contributed by atoms with E-state index in [2.05, 4.69) is 0 Å². The second-order valence-electron chi connectivity index (χ2n) is 5.85. The molecule has 3 nitrogen and oxygen atoms in total. The summed E-state index contributed by atoms with van der Waals surface area (Å²) >= 11 is 0. The number of ether oxygens (including phenoxy) is 3. The van der Waals surface area contributed by atoms with Gasteiger partial charge in [0.05, 0.1) is 0 Å². The Morgan fingerprint density at radius 3 is 1.11 bits per heavy atom. The molecule has 0 N–H and O–H groups in total.